The Kier molecular flexibility index (Phi) is 1.79. The highest BCUT2D eigenvalue weighted by molar-refractivity contribution is 5.76. The van der Waals surface area contributed by atoms with Crippen LogP contribution in [0.15, 0.2) is 4.99 Å². The molecule has 0 aromatic heterocycles. The molecule has 90 valence electrons. The zero-order chi connectivity index (χ0) is 11.6. The van der Waals surface area contributed by atoms with E-state index >= 15 is 0 Å². The summed E-state index contributed by atoms with van der Waals surface area (Å²) in [5.41, 5.74) is 12.3. The van der Waals surface area contributed by atoms with Crippen LogP contribution in [-0.4, -0.2) is 11.5 Å². The van der Waals surface area contributed by atoms with Gasteiger partial charge >= 0.3 is 0 Å². The van der Waals surface area contributed by atoms with Crippen LogP contribution in [0.5, 0.6) is 0 Å². The molecule has 0 amide bonds. The smallest absolute Gasteiger partial charge is 0.186 e. The summed E-state index contributed by atoms with van der Waals surface area (Å²) < 4.78 is 0. The molecule has 0 radical (unpaired) electrons. The van der Waals surface area contributed by atoms with E-state index in [4.69, 9.17) is 11.5 Å². The molecule has 3 nitrogen and oxygen atoms in total. The van der Waals surface area contributed by atoms with E-state index in [1.54, 1.807) is 0 Å². The Hall–Kier alpha value is -0.730. The molecule has 0 heterocycles. The van der Waals surface area contributed by atoms with Gasteiger partial charge in [0.2, 0.25) is 0 Å². The first-order valence-corrected chi connectivity index (χ1v) is 6.43. The van der Waals surface area contributed by atoms with E-state index in [1.165, 1.54) is 38.5 Å². The van der Waals surface area contributed by atoms with Gasteiger partial charge in [-0.1, -0.05) is 13.8 Å². The number of nitrogens with zero attached hydrogens (tertiary/aromatic N) is 1. The van der Waals surface area contributed by atoms with Gasteiger partial charge in [-0.25, -0.2) is 4.99 Å². The normalized spacial score (nSPS) is 54.0. The summed E-state index contributed by atoms with van der Waals surface area (Å²) in [5, 5.41) is 0. The van der Waals surface area contributed by atoms with Gasteiger partial charge in [-0.05, 0) is 55.3 Å². The van der Waals surface area contributed by atoms with Gasteiger partial charge in [0.25, 0.3) is 0 Å². The Morgan fingerprint density at radius 1 is 1.00 bits per heavy atom. The molecule has 4 aliphatic carbocycles. The molecular formula is C13H23N3. The summed E-state index contributed by atoms with van der Waals surface area (Å²) in [6.45, 7) is 4.87. The number of nitrogens with two attached hydrogens (primary N) is 2. The summed E-state index contributed by atoms with van der Waals surface area (Å²) in [7, 11) is 0. The number of rotatable bonds is 1. The van der Waals surface area contributed by atoms with Crippen LogP contribution in [0.1, 0.15) is 52.4 Å². The van der Waals surface area contributed by atoms with Crippen LogP contribution in [0.2, 0.25) is 0 Å². The van der Waals surface area contributed by atoms with Crippen molar-refractivity contribution >= 4 is 5.96 Å². The molecule has 2 unspecified atom stereocenters. The van der Waals surface area contributed by atoms with Crippen molar-refractivity contribution in [3.8, 4) is 0 Å². The minimum atomic E-state index is 0.0851. The second-order valence-corrected chi connectivity index (χ2v) is 7.39. The van der Waals surface area contributed by atoms with E-state index in [-0.39, 0.29) is 11.5 Å². The maximum absolute atomic E-state index is 5.63. The minimum absolute atomic E-state index is 0.0851. The molecular weight excluding hydrogens is 198 g/mol. The van der Waals surface area contributed by atoms with Crippen LogP contribution >= 0.6 is 0 Å². The highest BCUT2D eigenvalue weighted by atomic mass is 15.0. The second-order valence-electron chi connectivity index (χ2n) is 7.39. The molecule has 4 rings (SSSR count). The molecule has 4 fully saturated rings. The lowest BCUT2D eigenvalue weighted by molar-refractivity contribution is -0.104. The highest BCUT2D eigenvalue weighted by Gasteiger charge is 2.60. The Morgan fingerprint density at radius 2 is 1.56 bits per heavy atom. The first kappa shape index (κ1) is 10.4. The summed E-state index contributed by atoms with van der Waals surface area (Å²) in [6.07, 6.45) is 7.77. The van der Waals surface area contributed by atoms with Crippen molar-refractivity contribution < 1.29 is 0 Å². The molecule has 4 N–H and O–H groups in total. The standard InChI is InChI=1S/C13H23N3/c1-11-3-9-4-12(2,6-11)8-13(5-9,7-11)16-10(14)15/h9H,3-8H2,1-2H3,(H4,14,15,16)/t9?,11-,12+,13?. The van der Waals surface area contributed by atoms with Crippen molar-refractivity contribution in [1.82, 2.24) is 0 Å². The predicted octanol–water partition coefficient (Wildman–Crippen LogP) is 2.01. The predicted molar refractivity (Wildman–Crippen MR) is 65.9 cm³/mol. The van der Waals surface area contributed by atoms with Gasteiger partial charge in [0.05, 0.1) is 5.54 Å². The van der Waals surface area contributed by atoms with Gasteiger partial charge in [0.1, 0.15) is 0 Å². The van der Waals surface area contributed by atoms with Crippen LogP contribution < -0.4 is 11.5 Å². The van der Waals surface area contributed by atoms with E-state index in [0.717, 1.165) is 5.92 Å². The molecule has 0 spiro atoms. The third-order valence-corrected chi connectivity index (χ3v) is 4.96. The van der Waals surface area contributed by atoms with E-state index in [2.05, 4.69) is 18.8 Å². The fraction of sp³-hybridized carbons (Fsp3) is 0.923. The number of aliphatic imine (C=N–C) groups is 1. The molecule has 16 heavy (non-hydrogen) atoms. The number of guanidine groups is 1. The van der Waals surface area contributed by atoms with Gasteiger partial charge in [-0.15, -0.1) is 0 Å². The number of hydrogen-bond acceptors (Lipinski definition) is 1. The maximum Gasteiger partial charge on any atom is 0.186 e. The molecule has 4 bridgehead atoms. The van der Waals surface area contributed by atoms with Crippen LogP contribution in [0.4, 0.5) is 0 Å². The second kappa shape index (κ2) is 2.74. The zero-order valence-corrected chi connectivity index (χ0v) is 10.4. The minimum Gasteiger partial charge on any atom is -0.370 e. The van der Waals surface area contributed by atoms with Crippen molar-refractivity contribution in [3.63, 3.8) is 0 Å². The Bertz CT molecular complexity index is 338. The van der Waals surface area contributed by atoms with E-state index in [9.17, 15) is 0 Å². The van der Waals surface area contributed by atoms with Crippen molar-refractivity contribution in [1.29, 1.82) is 0 Å². The molecule has 4 aliphatic rings. The van der Waals surface area contributed by atoms with Crippen molar-refractivity contribution in [2.45, 2.75) is 57.9 Å². The third-order valence-electron chi connectivity index (χ3n) is 4.96. The van der Waals surface area contributed by atoms with Crippen LogP contribution in [-0.2, 0) is 0 Å². The van der Waals surface area contributed by atoms with Gasteiger partial charge in [-0.2, -0.15) is 0 Å². The van der Waals surface area contributed by atoms with E-state index in [1.807, 2.05) is 0 Å². The summed E-state index contributed by atoms with van der Waals surface area (Å²) in [5.74, 6) is 1.14. The fourth-order valence-electron chi connectivity index (χ4n) is 5.79. The third kappa shape index (κ3) is 1.44. The summed E-state index contributed by atoms with van der Waals surface area (Å²) in [4.78, 5) is 4.63. The zero-order valence-electron chi connectivity index (χ0n) is 10.4. The van der Waals surface area contributed by atoms with E-state index < -0.39 is 0 Å². The molecule has 0 aliphatic heterocycles. The SMILES string of the molecule is C[C@]12CC3CC(N=C(N)N)(C1)C[C@@](C)(C3)C2. The van der Waals surface area contributed by atoms with Gasteiger partial charge in [-0.3, -0.25) is 0 Å². The quantitative estimate of drug-likeness (QED) is 0.525. The first-order chi connectivity index (χ1) is 7.32. The Labute approximate surface area is 97.7 Å². The molecule has 0 aromatic rings. The summed E-state index contributed by atoms with van der Waals surface area (Å²) in [6, 6.07) is 0. The molecule has 0 saturated heterocycles. The average Bonchev–Trinajstić information content (AvgIpc) is 1.91. The summed E-state index contributed by atoms with van der Waals surface area (Å²) >= 11 is 0. The van der Waals surface area contributed by atoms with Crippen LogP contribution in [0.25, 0.3) is 0 Å². The van der Waals surface area contributed by atoms with E-state index in [0.29, 0.717) is 10.8 Å². The van der Waals surface area contributed by atoms with Crippen LogP contribution in [0.3, 0.4) is 0 Å². The van der Waals surface area contributed by atoms with Crippen LogP contribution in [0, 0.1) is 16.7 Å². The van der Waals surface area contributed by atoms with Crippen molar-refractivity contribution in [2.75, 3.05) is 0 Å². The largest absolute Gasteiger partial charge is 0.370 e. The number of hydrogen-bond donors (Lipinski definition) is 2. The topological polar surface area (TPSA) is 64.4 Å². The molecule has 4 saturated carbocycles. The monoisotopic (exact) mass is 221 g/mol. The van der Waals surface area contributed by atoms with Gasteiger partial charge in [0, 0.05) is 0 Å². The lowest BCUT2D eigenvalue weighted by Gasteiger charge is -2.64. The van der Waals surface area contributed by atoms with Crippen molar-refractivity contribution in [2.24, 2.45) is 33.2 Å². The Morgan fingerprint density at radius 3 is 2.00 bits per heavy atom. The highest BCUT2D eigenvalue weighted by Crippen LogP contribution is 2.67. The molecule has 3 heteroatoms. The lowest BCUT2D eigenvalue weighted by Crippen LogP contribution is -2.58. The van der Waals surface area contributed by atoms with Gasteiger partial charge in [0.15, 0.2) is 5.96 Å². The fourth-order valence-corrected chi connectivity index (χ4v) is 5.79. The van der Waals surface area contributed by atoms with Gasteiger partial charge < -0.3 is 11.5 Å². The Balaban J connectivity index is 2.01. The average molecular weight is 221 g/mol. The molecule has 0 aromatic carbocycles. The first-order valence-electron chi connectivity index (χ1n) is 6.43. The van der Waals surface area contributed by atoms with Crippen molar-refractivity contribution in [3.05, 3.63) is 0 Å². The lowest BCUT2D eigenvalue weighted by atomic mass is 9.43. The maximum atomic E-state index is 5.63. The molecule has 4 atom stereocenters.